The summed E-state index contributed by atoms with van der Waals surface area (Å²) in [5.41, 5.74) is 3.43. The Bertz CT molecular complexity index is 394. The van der Waals surface area contributed by atoms with Gasteiger partial charge in [0, 0.05) is 19.4 Å². The highest BCUT2D eigenvalue weighted by molar-refractivity contribution is 9.08. The van der Waals surface area contributed by atoms with Crippen LogP contribution in [0.15, 0.2) is 24.3 Å². The average Bonchev–Trinajstić information content (AvgIpc) is 3.21. The average molecular weight is 326 g/mol. The summed E-state index contributed by atoms with van der Waals surface area (Å²) in [7, 11) is 3.38. The third-order valence-electron chi connectivity index (χ3n) is 3.79. The standard InChI is InChI=1S/C13H17Br.C3H7NO/c1-10(2)13(7-8-13)12-5-3-11(9-14)4-6-12;1-4(2)3-5/h3-6,10H,7-9H2,1-2H3;3H,1-2H3. The number of carbonyl (C=O) groups is 1. The Labute approximate surface area is 125 Å². The second-order valence-electron chi connectivity index (χ2n) is 5.71. The van der Waals surface area contributed by atoms with Gasteiger partial charge in [0.25, 0.3) is 0 Å². The van der Waals surface area contributed by atoms with Crippen LogP contribution in [0.4, 0.5) is 0 Å². The fourth-order valence-corrected chi connectivity index (χ4v) is 2.63. The van der Waals surface area contributed by atoms with Gasteiger partial charge in [-0.3, -0.25) is 4.79 Å². The first kappa shape index (κ1) is 16.2. The number of halogens is 1. The molecule has 1 aliphatic rings. The van der Waals surface area contributed by atoms with E-state index >= 15 is 0 Å². The molecule has 1 aromatic rings. The molecule has 19 heavy (non-hydrogen) atoms. The van der Waals surface area contributed by atoms with E-state index in [9.17, 15) is 4.79 Å². The van der Waals surface area contributed by atoms with Gasteiger partial charge in [-0.2, -0.15) is 0 Å². The molecule has 106 valence electrons. The van der Waals surface area contributed by atoms with Gasteiger partial charge < -0.3 is 4.90 Å². The molecule has 0 unspecified atom stereocenters. The Morgan fingerprint density at radius 3 is 2.00 bits per heavy atom. The Morgan fingerprint density at radius 2 is 1.74 bits per heavy atom. The van der Waals surface area contributed by atoms with E-state index in [0.717, 1.165) is 17.7 Å². The summed E-state index contributed by atoms with van der Waals surface area (Å²) in [5.74, 6) is 0.775. The van der Waals surface area contributed by atoms with Crippen LogP contribution in [-0.2, 0) is 15.5 Å². The number of hydrogen-bond acceptors (Lipinski definition) is 1. The quantitative estimate of drug-likeness (QED) is 0.605. The van der Waals surface area contributed by atoms with Crippen molar-refractivity contribution >= 4 is 22.3 Å². The smallest absolute Gasteiger partial charge is 0.209 e. The van der Waals surface area contributed by atoms with E-state index < -0.39 is 0 Å². The number of amides is 1. The molecule has 1 aliphatic carbocycles. The lowest BCUT2D eigenvalue weighted by Gasteiger charge is -2.20. The van der Waals surface area contributed by atoms with Crippen LogP contribution in [0.3, 0.4) is 0 Å². The molecule has 0 spiro atoms. The molecule has 0 heterocycles. The van der Waals surface area contributed by atoms with Gasteiger partial charge >= 0.3 is 0 Å². The monoisotopic (exact) mass is 325 g/mol. The summed E-state index contributed by atoms with van der Waals surface area (Å²) in [6.45, 7) is 4.68. The molecule has 0 bridgehead atoms. The van der Waals surface area contributed by atoms with Crippen LogP contribution in [0.1, 0.15) is 37.8 Å². The van der Waals surface area contributed by atoms with Gasteiger partial charge in [-0.1, -0.05) is 54.0 Å². The second-order valence-corrected chi connectivity index (χ2v) is 6.27. The van der Waals surface area contributed by atoms with Crippen LogP contribution in [0.25, 0.3) is 0 Å². The number of hydrogen-bond donors (Lipinski definition) is 0. The molecule has 1 aromatic carbocycles. The summed E-state index contributed by atoms with van der Waals surface area (Å²) in [5, 5.41) is 0.960. The fourth-order valence-electron chi connectivity index (χ4n) is 2.26. The highest BCUT2D eigenvalue weighted by Gasteiger charge is 2.46. The van der Waals surface area contributed by atoms with Crippen molar-refractivity contribution in [2.45, 2.75) is 37.4 Å². The number of alkyl halides is 1. The van der Waals surface area contributed by atoms with Crippen molar-refractivity contribution in [1.29, 1.82) is 0 Å². The van der Waals surface area contributed by atoms with E-state index in [-0.39, 0.29) is 0 Å². The van der Waals surface area contributed by atoms with Crippen LogP contribution in [0.2, 0.25) is 0 Å². The number of benzene rings is 1. The minimum atomic E-state index is 0.519. The largest absolute Gasteiger partial charge is 0.351 e. The normalized spacial score (nSPS) is 15.5. The van der Waals surface area contributed by atoms with E-state index in [2.05, 4.69) is 54.0 Å². The maximum absolute atomic E-state index is 9.43. The number of carbonyl (C=O) groups excluding carboxylic acids is 1. The lowest BCUT2D eigenvalue weighted by Crippen LogP contribution is -2.14. The van der Waals surface area contributed by atoms with E-state index in [1.165, 1.54) is 28.9 Å². The summed E-state index contributed by atoms with van der Waals surface area (Å²) in [6.07, 6.45) is 3.50. The van der Waals surface area contributed by atoms with Gasteiger partial charge in [0.15, 0.2) is 0 Å². The Morgan fingerprint density at radius 1 is 1.26 bits per heavy atom. The van der Waals surface area contributed by atoms with Gasteiger partial charge in [-0.15, -0.1) is 0 Å². The molecule has 2 nitrogen and oxygen atoms in total. The fraction of sp³-hybridized carbons (Fsp3) is 0.562. The van der Waals surface area contributed by atoms with Crippen molar-refractivity contribution in [2.24, 2.45) is 5.92 Å². The van der Waals surface area contributed by atoms with Crippen molar-refractivity contribution in [1.82, 2.24) is 4.90 Å². The van der Waals surface area contributed by atoms with E-state index in [4.69, 9.17) is 0 Å². The van der Waals surface area contributed by atoms with Gasteiger partial charge in [0.1, 0.15) is 0 Å². The van der Waals surface area contributed by atoms with Crippen LogP contribution < -0.4 is 0 Å². The molecular formula is C16H24BrNO. The van der Waals surface area contributed by atoms with E-state index in [1.54, 1.807) is 14.1 Å². The Kier molecular flexibility index (Phi) is 6.05. The molecule has 2 rings (SSSR count). The third-order valence-corrected chi connectivity index (χ3v) is 4.44. The molecule has 0 aromatic heterocycles. The summed E-state index contributed by atoms with van der Waals surface area (Å²) < 4.78 is 0. The van der Waals surface area contributed by atoms with Gasteiger partial charge in [0.2, 0.25) is 6.41 Å². The molecule has 0 radical (unpaired) electrons. The Balaban J connectivity index is 0.000000312. The molecule has 0 atom stereocenters. The summed E-state index contributed by atoms with van der Waals surface area (Å²) in [6, 6.07) is 9.10. The minimum Gasteiger partial charge on any atom is -0.351 e. The predicted molar refractivity (Wildman–Crippen MR) is 84.6 cm³/mol. The first-order valence-corrected chi connectivity index (χ1v) is 7.85. The molecule has 1 fully saturated rings. The van der Waals surface area contributed by atoms with E-state index in [0.29, 0.717) is 5.41 Å². The van der Waals surface area contributed by atoms with Crippen molar-refractivity contribution < 1.29 is 4.79 Å². The highest BCUT2D eigenvalue weighted by Crippen LogP contribution is 2.53. The minimum absolute atomic E-state index is 0.519. The number of rotatable bonds is 4. The zero-order valence-electron chi connectivity index (χ0n) is 12.3. The summed E-state index contributed by atoms with van der Waals surface area (Å²) >= 11 is 3.48. The first-order valence-electron chi connectivity index (χ1n) is 6.73. The first-order chi connectivity index (χ1) is 8.96. The molecule has 3 heteroatoms. The number of nitrogens with zero attached hydrogens (tertiary/aromatic N) is 1. The lowest BCUT2D eigenvalue weighted by atomic mass is 9.85. The predicted octanol–water partition coefficient (Wildman–Crippen LogP) is 3.97. The van der Waals surface area contributed by atoms with Crippen molar-refractivity contribution in [2.75, 3.05) is 14.1 Å². The lowest BCUT2D eigenvalue weighted by molar-refractivity contribution is -0.115. The Hall–Kier alpha value is -0.830. The van der Waals surface area contributed by atoms with E-state index in [1.807, 2.05) is 0 Å². The van der Waals surface area contributed by atoms with Gasteiger partial charge in [-0.25, -0.2) is 0 Å². The van der Waals surface area contributed by atoms with Gasteiger partial charge in [-0.05, 0) is 35.3 Å². The molecule has 1 amide bonds. The third kappa shape index (κ3) is 4.34. The molecule has 0 saturated heterocycles. The van der Waals surface area contributed by atoms with Crippen LogP contribution in [0, 0.1) is 5.92 Å². The van der Waals surface area contributed by atoms with Crippen LogP contribution in [-0.4, -0.2) is 25.4 Å². The highest BCUT2D eigenvalue weighted by atomic mass is 79.9. The van der Waals surface area contributed by atoms with Crippen LogP contribution in [0.5, 0.6) is 0 Å². The second kappa shape index (κ2) is 7.09. The van der Waals surface area contributed by atoms with Crippen LogP contribution >= 0.6 is 15.9 Å². The topological polar surface area (TPSA) is 20.3 Å². The molecule has 0 aliphatic heterocycles. The van der Waals surface area contributed by atoms with Crippen molar-refractivity contribution in [3.63, 3.8) is 0 Å². The van der Waals surface area contributed by atoms with Crippen molar-refractivity contribution in [3.8, 4) is 0 Å². The molecule has 0 N–H and O–H groups in total. The van der Waals surface area contributed by atoms with Gasteiger partial charge in [0.05, 0.1) is 0 Å². The summed E-state index contributed by atoms with van der Waals surface area (Å²) in [4.78, 5) is 10.9. The molecule has 1 saturated carbocycles. The maximum Gasteiger partial charge on any atom is 0.209 e. The zero-order valence-corrected chi connectivity index (χ0v) is 13.9. The zero-order chi connectivity index (χ0) is 14.5. The van der Waals surface area contributed by atoms with Crippen molar-refractivity contribution in [3.05, 3.63) is 35.4 Å². The SMILES string of the molecule is CC(C)C1(c2ccc(CBr)cc2)CC1.CN(C)C=O. The molecular weight excluding hydrogens is 302 g/mol. The maximum atomic E-state index is 9.43.